The van der Waals surface area contributed by atoms with Gasteiger partial charge in [0.15, 0.2) is 0 Å². The summed E-state index contributed by atoms with van der Waals surface area (Å²) in [5.74, 6) is -0.0419. The van der Waals surface area contributed by atoms with Gasteiger partial charge in [0.05, 0.1) is 6.04 Å². The first kappa shape index (κ1) is 20.4. The number of nitrogens with zero attached hydrogens (tertiary/aromatic N) is 1. The number of nitrogens with one attached hydrogen (secondary N) is 1. The minimum absolute atomic E-state index is 0.0192. The van der Waals surface area contributed by atoms with Gasteiger partial charge in [-0.1, -0.05) is 36.4 Å². The van der Waals surface area contributed by atoms with Crippen LogP contribution in [0.2, 0.25) is 0 Å². The molecular weight excluding hydrogens is 392 g/mol. The van der Waals surface area contributed by atoms with Gasteiger partial charge in [-0.25, -0.2) is 0 Å². The van der Waals surface area contributed by atoms with Crippen LogP contribution in [0.25, 0.3) is 0 Å². The molecule has 0 radical (unpaired) electrons. The molecule has 154 valence electrons. The highest BCUT2D eigenvalue weighted by Gasteiger charge is 2.28. The third-order valence-corrected chi connectivity index (χ3v) is 6.63. The van der Waals surface area contributed by atoms with Crippen molar-refractivity contribution in [3.05, 3.63) is 87.6 Å². The van der Waals surface area contributed by atoms with Crippen molar-refractivity contribution in [1.29, 1.82) is 0 Å². The lowest BCUT2D eigenvalue weighted by molar-refractivity contribution is -0.116. The summed E-state index contributed by atoms with van der Waals surface area (Å²) < 4.78 is 0. The second-order valence-electron chi connectivity index (χ2n) is 7.73. The molecule has 5 heteroatoms. The number of hydrogen-bond donors (Lipinski definition) is 1. The van der Waals surface area contributed by atoms with Gasteiger partial charge in [0.25, 0.3) is 5.91 Å². The van der Waals surface area contributed by atoms with Crippen molar-refractivity contribution in [2.24, 2.45) is 0 Å². The van der Waals surface area contributed by atoms with Crippen LogP contribution in [0.4, 0.5) is 5.69 Å². The minimum atomic E-state index is -0.0227. The molecule has 0 saturated heterocycles. The zero-order chi connectivity index (χ0) is 20.9. The van der Waals surface area contributed by atoms with Crippen molar-refractivity contribution in [3.8, 4) is 0 Å². The Balaban J connectivity index is 1.36. The molecule has 1 aliphatic carbocycles. The van der Waals surface area contributed by atoms with Crippen LogP contribution in [0, 0.1) is 0 Å². The second-order valence-corrected chi connectivity index (χ2v) is 8.76. The highest BCUT2D eigenvalue weighted by atomic mass is 32.1. The van der Waals surface area contributed by atoms with Gasteiger partial charge >= 0.3 is 0 Å². The maximum Gasteiger partial charge on any atom is 0.254 e. The van der Waals surface area contributed by atoms with Gasteiger partial charge < -0.3 is 10.2 Å². The van der Waals surface area contributed by atoms with E-state index in [1.165, 1.54) is 16.0 Å². The molecule has 1 atom stereocenters. The Morgan fingerprint density at radius 2 is 1.97 bits per heavy atom. The first-order valence-electron chi connectivity index (χ1n) is 10.4. The standard InChI is InChI=1S/C25H26N2O2S/c1-27(23-15-14-18-7-2-3-12-22(18)23)25(29)19-8-4-9-20(17-19)26-24(28)13-5-10-21-11-6-16-30-21/h2-4,6-9,11-12,16-17,23H,5,10,13-15H2,1H3,(H,26,28). The fourth-order valence-electron chi connectivity index (χ4n) is 4.11. The topological polar surface area (TPSA) is 49.4 Å². The van der Waals surface area contributed by atoms with Crippen molar-refractivity contribution in [2.75, 3.05) is 12.4 Å². The molecule has 2 aromatic carbocycles. The number of anilines is 1. The van der Waals surface area contributed by atoms with Crippen molar-refractivity contribution < 1.29 is 9.59 Å². The highest BCUT2D eigenvalue weighted by Crippen LogP contribution is 2.35. The van der Waals surface area contributed by atoms with Gasteiger partial charge in [-0.3, -0.25) is 9.59 Å². The number of thiophene rings is 1. The third kappa shape index (κ3) is 4.62. The van der Waals surface area contributed by atoms with E-state index in [2.05, 4.69) is 35.0 Å². The second kappa shape index (κ2) is 9.26. The lowest BCUT2D eigenvalue weighted by atomic mass is 10.1. The predicted molar refractivity (Wildman–Crippen MR) is 122 cm³/mol. The fraction of sp³-hybridized carbons (Fsp3) is 0.280. The molecule has 4 rings (SSSR count). The molecule has 4 nitrogen and oxygen atoms in total. The number of amides is 2. The summed E-state index contributed by atoms with van der Waals surface area (Å²) >= 11 is 1.72. The summed E-state index contributed by atoms with van der Waals surface area (Å²) in [6, 6.07) is 19.8. The van der Waals surface area contributed by atoms with Gasteiger partial charge in [-0.15, -0.1) is 11.3 Å². The predicted octanol–water partition coefficient (Wildman–Crippen LogP) is 5.47. The summed E-state index contributed by atoms with van der Waals surface area (Å²) in [7, 11) is 1.87. The molecule has 1 aromatic heterocycles. The van der Waals surface area contributed by atoms with E-state index in [4.69, 9.17) is 0 Å². The number of carbonyl (C=O) groups is 2. The van der Waals surface area contributed by atoms with Crippen molar-refractivity contribution >= 4 is 28.8 Å². The molecule has 30 heavy (non-hydrogen) atoms. The van der Waals surface area contributed by atoms with E-state index in [1.807, 2.05) is 42.3 Å². The van der Waals surface area contributed by atoms with Crippen molar-refractivity contribution in [2.45, 2.75) is 38.1 Å². The Morgan fingerprint density at radius 3 is 2.80 bits per heavy atom. The van der Waals surface area contributed by atoms with Crippen molar-refractivity contribution in [1.82, 2.24) is 4.90 Å². The normalized spacial score (nSPS) is 14.9. The molecule has 1 unspecified atom stereocenters. The number of hydrogen-bond acceptors (Lipinski definition) is 3. The summed E-state index contributed by atoms with van der Waals surface area (Å²) in [5, 5.41) is 4.99. The molecule has 0 fully saturated rings. The molecule has 1 aliphatic rings. The van der Waals surface area contributed by atoms with E-state index in [9.17, 15) is 9.59 Å². The van der Waals surface area contributed by atoms with E-state index < -0.39 is 0 Å². The maximum atomic E-state index is 13.1. The summed E-state index contributed by atoms with van der Waals surface area (Å²) in [6.45, 7) is 0. The lowest BCUT2D eigenvalue weighted by Crippen LogP contribution is -2.30. The number of fused-ring (bicyclic) bond motifs is 1. The summed E-state index contributed by atoms with van der Waals surface area (Å²) in [5.41, 5.74) is 3.83. The molecule has 0 aliphatic heterocycles. The van der Waals surface area contributed by atoms with Gasteiger partial charge in [0, 0.05) is 29.6 Å². The third-order valence-electron chi connectivity index (χ3n) is 5.69. The molecule has 0 bridgehead atoms. The van der Waals surface area contributed by atoms with E-state index in [1.54, 1.807) is 17.4 Å². The summed E-state index contributed by atoms with van der Waals surface area (Å²) in [4.78, 5) is 28.5. The van der Waals surface area contributed by atoms with Crippen LogP contribution in [0.3, 0.4) is 0 Å². The number of carbonyl (C=O) groups excluding carboxylic acids is 2. The Hall–Kier alpha value is -2.92. The van der Waals surface area contributed by atoms with E-state index in [0.29, 0.717) is 17.7 Å². The quantitative estimate of drug-likeness (QED) is 0.553. The maximum absolute atomic E-state index is 13.1. The minimum Gasteiger partial charge on any atom is -0.335 e. The van der Waals surface area contributed by atoms with Gasteiger partial charge in [0.2, 0.25) is 5.91 Å². The van der Waals surface area contributed by atoms with Crippen molar-refractivity contribution in [3.63, 3.8) is 0 Å². The SMILES string of the molecule is CN(C(=O)c1cccc(NC(=O)CCCc2cccs2)c1)C1CCc2ccccc21. The highest BCUT2D eigenvalue weighted by molar-refractivity contribution is 7.09. The lowest BCUT2D eigenvalue weighted by Gasteiger charge is -2.25. The average Bonchev–Trinajstić information content (AvgIpc) is 3.43. The van der Waals surface area contributed by atoms with Crippen LogP contribution in [0.1, 0.15) is 51.7 Å². The molecule has 1 N–H and O–H groups in total. The number of benzene rings is 2. The fourth-order valence-corrected chi connectivity index (χ4v) is 4.86. The van der Waals surface area contributed by atoms with E-state index in [-0.39, 0.29) is 17.9 Å². The van der Waals surface area contributed by atoms with Gasteiger partial charge in [-0.2, -0.15) is 0 Å². The zero-order valence-electron chi connectivity index (χ0n) is 17.1. The molecule has 0 spiro atoms. The Labute approximate surface area is 181 Å². The largest absolute Gasteiger partial charge is 0.335 e. The van der Waals surface area contributed by atoms with Gasteiger partial charge in [-0.05, 0) is 66.5 Å². The Morgan fingerprint density at radius 1 is 1.10 bits per heavy atom. The number of rotatable bonds is 7. The van der Waals surface area contributed by atoms with Crippen LogP contribution in [0.15, 0.2) is 66.0 Å². The monoisotopic (exact) mass is 418 g/mol. The Kier molecular flexibility index (Phi) is 6.29. The van der Waals surface area contributed by atoms with E-state index >= 15 is 0 Å². The molecule has 2 amide bonds. The van der Waals surface area contributed by atoms with E-state index in [0.717, 1.165) is 25.7 Å². The molecule has 3 aromatic rings. The number of aryl methyl sites for hydroxylation is 2. The van der Waals surface area contributed by atoms with Crippen LogP contribution in [-0.4, -0.2) is 23.8 Å². The van der Waals surface area contributed by atoms with Crippen LogP contribution >= 0.6 is 11.3 Å². The Bertz CT molecular complexity index is 1030. The average molecular weight is 419 g/mol. The smallest absolute Gasteiger partial charge is 0.254 e. The first-order valence-corrected chi connectivity index (χ1v) is 11.3. The van der Waals surface area contributed by atoms with Gasteiger partial charge in [0.1, 0.15) is 0 Å². The molecule has 0 saturated carbocycles. The summed E-state index contributed by atoms with van der Waals surface area (Å²) in [6.07, 6.45) is 4.14. The molecule has 1 heterocycles. The first-order chi connectivity index (χ1) is 14.6. The zero-order valence-corrected chi connectivity index (χ0v) is 18.0. The van der Waals surface area contributed by atoms with Crippen LogP contribution in [0.5, 0.6) is 0 Å². The molecular formula is C25H26N2O2S. The van der Waals surface area contributed by atoms with Crippen LogP contribution in [-0.2, 0) is 17.6 Å². The van der Waals surface area contributed by atoms with Crippen LogP contribution < -0.4 is 5.32 Å².